The predicted molar refractivity (Wildman–Crippen MR) is 82.6 cm³/mol. The van der Waals surface area contributed by atoms with Crippen LogP contribution in [-0.2, 0) is 11.2 Å². The van der Waals surface area contributed by atoms with Crippen LogP contribution in [0.5, 0.6) is 0 Å². The molecule has 1 saturated carbocycles. The molecule has 5 nitrogen and oxygen atoms in total. The summed E-state index contributed by atoms with van der Waals surface area (Å²) >= 11 is 1.66. The SMILES string of the molecule is NC(CCN(C(=O)C1Cc2ccccc2S1)C1CC1)=NO. The minimum Gasteiger partial charge on any atom is -0.409 e. The maximum absolute atomic E-state index is 12.8. The number of hydrogen-bond acceptors (Lipinski definition) is 4. The Balaban J connectivity index is 1.65. The maximum atomic E-state index is 12.8. The van der Waals surface area contributed by atoms with Crippen LogP contribution in [0.3, 0.4) is 0 Å². The van der Waals surface area contributed by atoms with Crippen molar-refractivity contribution in [2.75, 3.05) is 6.54 Å². The molecule has 6 heteroatoms. The molecule has 1 fully saturated rings. The number of rotatable bonds is 5. The number of carbonyl (C=O) groups excluding carboxylic acids is 1. The second-order valence-electron chi connectivity index (χ2n) is 5.52. The van der Waals surface area contributed by atoms with E-state index in [0.717, 1.165) is 19.3 Å². The summed E-state index contributed by atoms with van der Waals surface area (Å²) in [7, 11) is 0. The van der Waals surface area contributed by atoms with Gasteiger partial charge < -0.3 is 15.8 Å². The molecule has 21 heavy (non-hydrogen) atoms. The Morgan fingerprint density at radius 2 is 2.19 bits per heavy atom. The molecule has 1 amide bonds. The maximum Gasteiger partial charge on any atom is 0.236 e. The molecule has 0 radical (unpaired) electrons. The molecule has 1 atom stereocenters. The first-order valence-corrected chi connectivity index (χ1v) is 8.08. The largest absolute Gasteiger partial charge is 0.409 e. The van der Waals surface area contributed by atoms with Gasteiger partial charge in [0.25, 0.3) is 0 Å². The standard InChI is InChI=1S/C15H19N3O2S/c16-14(17-20)7-8-18(11-5-6-11)15(19)13-9-10-3-1-2-4-12(10)21-13/h1-4,11,13,20H,5-9H2,(H2,16,17). The molecule has 0 bridgehead atoms. The second-order valence-corrected chi connectivity index (χ2v) is 6.77. The van der Waals surface area contributed by atoms with Crippen molar-refractivity contribution in [3.63, 3.8) is 0 Å². The summed E-state index contributed by atoms with van der Waals surface area (Å²) in [6.45, 7) is 0.535. The summed E-state index contributed by atoms with van der Waals surface area (Å²) in [6.07, 6.45) is 3.34. The second kappa shape index (κ2) is 5.97. The Hall–Kier alpha value is -1.69. The van der Waals surface area contributed by atoms with Crippen LogP contribution >= 0.6 is 11.8 Å². The van der Waals surface area contributed by atoms with E-state index in [-0.39, 0.29) is 17.0 Å². The van der Waals surface area contributed by atoms with Gasteiger partial charge in [-0.2, -0.15) is 0 Å². The molecule has 1 heterocycles. The zero-order valence-corrected chi connectivity index (χ0v) is 12.6. The Morgan fingerprint density at radius 3 is 2.86 bits per heavy atom. The van der Waals surface area contributed by atoms with Crippen LogP contribution in [0.2, 0.25) is 0 Å². The van der Waals surface area contributed by atoms with E-state index in [0.29, 0.717) is 19.0 Å². The summed E-state index contributed by atoms with van der Waals surface area (Å²) in [5, 5.41) is 11.6. The van der Waals surface area contributed by atoms with Crippen molar-refractivity contribution in [2.45, 2.75) is 41.9 Å². The van der Waals surface area contributed by atoms with Crippen molar-refractivity contribution >= 4 is 23.5 Å². The van der Waals surface area contributed by atoms with Crippen molar-refractivity contribution in [3.05, 3.63) is 29.8 Å². The highest BCUT2D eigenvalue weighted by Gasteiger charge is 2.38. The number of amidine groups is 1. The van der Waals surface area contributed by atoms with Crippen molar-refractivity contribution < 1.29 is 10.0 Å². The Morgan fingerprint density at radius 1 is 1.43 bits per heavy atom. The quantitative estimate of drug-likeness (QED) is 0.376. The van der Waals surface area contributed by atoms with Crippen molar-refractivity contribution in [1.29, 1.82) is 0 Å². The van der Waals surface area contributed by atoms with Gasteiger partial charge in [0.15, 0.2) is 0 Å². The molecule has 1 unspecified atom stereocenters. The van der Waals surface area contributed by atoms with Gasteiger partial charge in [-0.1, -0.05) is 23.4 Å². The molecule has 0 saturated heterocycles. The number of fused-ring (bicyclic) bond motifs is 1. The van der Waals surface area contributed by atoms with Crippen LogP contribution in [0, 0.1) is 0 Å². The van der Waals surface area contributed by atoms with E-state index in [1.54, 1.807) is 11.8 Å². The summed E-state index contributed by atoms with van der Waals surface area (Å²) in [6, 6.07) is 8.53. The fourth-order valence-corrected chi connectivity index (χ4v) is 3.91. The Kier molecular flexibility index (Phi) is 4.05. The van der Waals surface area contributed by atoms with Crippen molar-refractivity contribution in [1.82, 2.24) is 4.90 Å². The Bertz CT molecular complexity index is 547. The molecular weight excluding hydrogens is 286 g/mol. The first-order valence-electron chi connectivity index (χ1n) is 7.20. The molecule has 3 rings (SSSR count). The van der Waals surface area contributed by atoms with Gasteiger partial charge in [0.05, 0.1) is 5.25 Å². The van der Waals surface area contributed by atoms with Gasteiger partial charge >= 0.3 is 0 Å². The van der Waals surface area contributed by atoms with Crippen molar-refractivity contribution in [2.24, 2.45) is 10.9 Å². The lowest BCUT2D eigenvalue weighted by Gasteiger charge is -2.25. The molecule has 3 N–H and O–H groups in total. The summed E-state index contributed by atoms with van der Waals surface area (Å²) in [5.74, 6) is 0.361. The van der Waals surface area contributed by atoms with Crippen LogP contribution in [0.1, 0.15) is 24.8 Å². The van der Waals surface area contributed by atoms with E-state index in [1.807, 2.05) is 17.0 Å². The average molecular weight is 305 g/mol. The monoisotopic (exact) mass is 305 g/mol. The van der Waals surface area contributed by atoms with E-state index < -0.39 is 0 Å². The number of nitrogens with two attached hydrogens (primary N) is 1. The van der Waals surface area contributed by atoms with Crippen LogP contribution in [0.15, 0.2) is 34.3 Å². The predicted octanol–water partition coefficient (Wildman–Crippen LogP) is 1.83. The summed E-state index contributed by atoms with van der Waals surface area (Å²) in [4.78, 5) is 15.9. The molecule has 0 spiro atoms. The number of thioether (sulfide) groups is 1. The molecule has 1 aliphatic carbocycles. The molecular formula is C15H19N3O2S. The number of oxime groups is 1. The molecule has 1 aromatic rings. The number of nitrogens with zero attached hydrogens (tertiary/aromatic N) is 2. The smallest absolute Gasteiger partial charge is 0.236 e. The van der Waals surface area contributed by atoms with Crippen molar-refractivity contribution in [3.8, 4) is 0 Å². The Labute approximate surface area is 128 Å². The van der Waals surface area contributed by atoms with E-state index >= 15 is 0 Å². The fraction of sp³-hybridized carbons (Fsp3) is 0.467. The van der Waals surface area contributed by atoms with Gasteiger partial charge in [0.2, 0.25) is 5.91 Å². The zero-order valence-electron chi connectivity index (χ0n) is 11.7. The van der Waals surface area contributed by atoms with Gasteiger partial charge in [-0.15, -0.1) is 11.8 Å². The van der Waals surface area contributed by atoms with Gasteiger partial charge in [-0.25, -0.2) is 0 Å². The van der Waals surface area contributed by atoms with Gasteiger partial charge in [-0.05, 0) is 30.9 Å². The van der Waals surface area contributed by atoms with E-state index in [1.165, 1.54) is 10.5 Å². The van der Waals surface area contributed by atoms with E-state index in [4.69, 9.17) is 10.9 Å². The minimum absolute atomic E-state index is 0.0321. The van der Waals surface area contributed by atoms with E-state index in [9.17, 15) is 4.79 Å². The zero-order chi connectivity index (χ0) is 14.8. The lowest BCUT2D eigenvalue weighted by atomic mass is 10.1. The third kappa shape index (κ3) is 3.15. The van der Waals surface area contributed by atoms with Crippen LogP contribution in [0.4, 0.5) is 0 Å². The van der Waals surface area contributed by atoms with Gasteiger partial charge in [0.1, 0.15) is 5.84 Å². The lowest BCUT2D eigenvalue weighted by Crippen LogP contribution is -2.41. The highest BCUT2D eigenvalue weighted by Crippen LogP contribution is 2.39. The molecule has 2 aliphatic rings. The number of benzene rings is 1. The first kappa shape index (κ1) is 14.3. The van der Waals surface area contributed by atoms with E-state index in [2.05, 4.69) is 17.3 Å². The van der Waals surface area contributed by atoms with Crippen LogP contribution < -0.4 is 5.73 Å². The third-order valence-electron chi connectivity index (χ3n) is 3.93. The normalized spacial score (nSPS) is 21.1. The molecule has 1 aliphatic heterocycles. The topological polar surface area (TPSA) is 78.9 Å². The fourth-order valence-electron chi connectivity index (χ4n) is 2.65. The van der Waals surface area contributed by atoms with Crippen LogP contribution in [-0.4, -0.2) is 39.7 Å². The number of amides is 1. The number of carbonyl (C=O) groups is 1. The summed E-state index contributed by atoms with van der Waals surface area (Å²) in [5.41, 5.74) is 6.78. The molecule has 1 aromatic carbocycles. The highest BCUT2D eigenvalue weighted by atomic mass is 32.2. The first-order chi connectivity index (χ1) is 10.2. The van der Waals surface area contributed by atoms with Gasteiger partial charge in [0, 0.05) is 23.9 Å². The van der Waals surface area contributed by atoms with Gasteiger partial charge in [-0.3, -0.25) is 4.79 Å². The number of hydrogen-bond donors (Lipinski definition) is 2. The third-order valence-corrected chi connectivity index (χ3v) is 5.24. The van der Waals surface area contributed by atoms with Crippen LogP contribution in [0.25, 0.3) is 0 Å². The molecule has 0 aromatic heterocycles. The minimum atomic E-state index is -0.0321. The highest BCUT2D eigenvalue weighted by molar-refractivity contribution is 8.01. The molecule has 112 valence electrons. The lowest BCUT2D eigenvalue weighted by molar-refractivity contribution is -0.131. The average Bonchev–Trinajstić information content (AvgIpc) is 3.24. The summed E-state index contributed by atoms with van der Waals surface area (Å²) < 4.78 is 0.